The fourth-order valence-electron chi connectivity index (χ4n) is 0.850. The quantitative estimate of drug-likeness (QED) is 0.509. The lowest BCUT2D eigenvalue weighted by Crippen LogP contribution is -1.85. The van der Waals surface area contributed by atoms with Crippen LogP contribution in [0.15, 0.2) is 47.6 Å². The van der Waals surface area contributed by atoms with Gasteiger partial charge in [0.15, 0.2) is 0 Å². The van der Waals surface area contributed by atoms with E-state index in [9.17, 15) is 0 Å². The number of hydrogen-bond donors (Lipinski definition) is 0. The van der Waals surface area contributed by atoms with Gasteiger partial charge in [0.2, 0.25) is 0 Å². The number of rotatable bonds is 4. The van der Waals surface area contributed by atoms with Crippen molar-refractivity contribution in [2.24, 2.45) is 5.16 Å². The Bertz CT molecular complexity index is 277. The van der Waals surface area contributed by atoms with Crippen molar-refractivity contribution in [2.45, 2.75) is 13.5 Å². The topological polar surface area (TPSA) is 21.6 Å². The third-order valence-corrected chi connectivity index (χ3v) is 1.49. The maximum atomic E-state index is 5.04. The van der Waals surface area contributed by atoms with Gasteiger partial charge in [0.25, 0.3) is 0 Å². The normalized spacial score (nSPS) is 11.2. The summed E-state index contributed by atoms with van der Waals surface area (Å²) in [5.74, 6) is 0. The van der Waals surface area contributed by atoms with Crippen LogP contribution in [0.1, 0.15) is 12.5 Å². The Hall–Kier alpha value is -1.57. The molecule has 0 saturated heterocycles. The molecule has 0 radical (unpaired) electrons. The van der Waals surface area contributed by atoms with Crippen molar-refractivity contribution >= 4 is 6.21 Å². The molecule has 0 N–H and O–H groups in total. The van der Waals surface area contributed by atoms with Crippen molar-refractivity contribution in [2.75, 3.05) is 0 Å². The third kappa shape index (κ3) is 4.11. The zero-order valence-electron chi connectivity index (χ0n) is 7.68. The summed E-state index contributed by atoms with van der Waals surface area (Å²) in [4.78, 5) is 5.04. The van der Waals surface area contributed by atoms with Gasteiger partial charge in [-0.2, -0.15) is 0 Å². The van der Waals surface area contributed by atoms with E-state index in [0.29, 0.717) is 6.61 Å². The Morgan fingerprint density at radius 1 is 1.31 bits per heavy atom. The van der Waals surface area contributed by atoms with Crippen LogP contribution >= 0.6 is 0 Å². The number of benzene rings is 1. The highest BCUT2D eigenvalue weighted by Gasteiger charge is 1.87. The van der Waals surface area contributed by atoms with Crippen molar-refractivity contribution in [1.29, 1.82) is 0 Å². The summed E-state index contributed by atoms with van der Waals surface area (Å²) in [6, 6.07) is 9.95. The number of nitrogens with zero attached hydrogens (tertiary/aromatic N) is 1. The maximum Gasteiger partial charge on any atom is 0.142 e. The van der Waals surface area contributed by atoms with Crippen LogP contribution in [0.2, 0.25) is 0 Å². The Kier molecular flexibility index (Phi) is 4.39. The Labute approximate surface area is 78.5 Å². The highest BCUT2D eigenvalue weighted by molar-refractivity contribution is 5.70. The van der Waals surface area contributed by atoms with Crippen molar-refractivity contribution in [3.05, 3.63) is 48.0 Å². The Balaban J connectivity index is 2.28. The molecule has 2 nitrogen and oxygen atoms in total. The number of oxime groups is 1. The van der Waals surface area contributed by atoms with E-state index in [1.807, 2.05) is 49.4 Å². The van der Waals surface area contributed by atoms with Crippen LogP contribution in [-0.2, 0) is 11.4 Å². The molecule has 0 aliphatic rings. The average molecular weight is 175 g/mol. The first kappa shape index (κ1) is 9.52. The van der Waals surface area contributed by atoms with Crippen molar-refractivity contribution in [3.63, 3.8) is 0 Å². The molecule has 0 spiro atoms. The van der Waals surface area contributed by atoms with Gasteiger partial charge < -0.3 is 4.84 Å². The molecule has 0 bridgehead atoms. The third-order valence-electron chi connectivity index (χ3n) is 1.49. The molecule has 13 heavy (non-hydrogen) atoms. The second-order valence-corrected chi connectivity index (χ2v) is 2.54. The molecular formula is C11H13NO. The summed E-state index contributed by atoms with van der Waals surface area (Å²) >= 11 is 0. The molecule has 0 fully saturated rings. The number of allylic oxidation sites excluding steroid dienone is 2. The Morgan fingerprint density at radius 2 is 2.08 bits per heavy atom. The van der Waals surface area contributed by atoms with Gasteiger partial charge in [-0.25, -0.2) is 0 Å². The molecular weight excluding hydrogens is 162 g/mol. The maximum absolute atomic E-state index is 5.04. The summed E-state index contributed by atoms with van der Waals surface area (Å²) in [6.07, 6.45) is 5.35. The first-order valence-electron chi connectivity index (χ1n) is 4.24. The molecule has 0 amide bonds. The highest BCUT2D eigenvalue weighted by Crippen LogP contribution is 1.99. The van der Waals surface area contributed by atoms with E-state index in [1.54, 1.807) is 6.21 Å². The van der Waals surface area contributed by atoms with E-state index in [2.05, 4.69) is 5.16 Å². The van der Waals surface area contributed by atoms with Gasteiger partial charge in [0.1, 0.15) is 6.61 Å². The molecule has 0 heterocycles. The van der Waals surface area contributed by atoms with Crippen LogP contribution in [0.3, 0.4) is 0 Å². The molecule has 1 aromatic carbocycles. The summed E-state index contributed by atoms with van der Waals surface area (Å²) in [5.41, 5.74) is 1.13. The van der Waals surface area contributed by atoms with Gasteiger partial charge in [-0.15, -0.1) is 0 Å². The fourth-order valence-corrected chi connectivity index (χ4v) is 0.850. The molecule has 0 atom stereocenters. The first-order chi connectivity index (χ1) is 6.43. The van der Waals surface area contributed by atoms with Gasteiger partial charge in [0, 0.05) is 0 Å². The molecule has 0 saturated carbocycles. The predicted molar refractivity (Wildman–Crippen MR) is 54.5 cm³/mol. The van der Waals surface area contributed by atoms with E-state index in [0.717, 1.165) is 5.56 Å². The lowest BCUT2D eigenvalue weighted by molar-refractivity contribution is 0.132. The van der Waals surface area contributed by atoms with Gasteiger partial charge in [-0.05, 0) is 18.6 Å². The van der Waals surface area contributed by atoms with E-state index in [1.165, 1.54) is 0 Å². The molecule has 0 unspecified atom stereocenters. The molecule has 0 aliphatic heterocycles. The van der Waals surface area contributed by atoms with Crippen molar-refractivity contribution < 1.29 is 4.84 Å². The lowest BCUT2D eigenvalue weighted by Gasteiger charge is -1.97. The lowest BCUT2D eigenvalue weighted by atomic mass is 10.2. The molecule has 1 rings (SSSR count). The van der Waals surface area contributed by atoms with Gasteiger partial charge in [-0.3, -0.25) is 0 Å². The van der Waals surface area contributed by atoms with Crippen LogP contribution in [-0.4, -0.2) is 6.21 Å². The van der Waals surface area contributed by atoms with Crippen LogP contribution in [0.5, 0.6) is 0 Å². The predicted octanol–water partition coefficient (Wildman–Crippen LogP) is 2.77. The highest BCUT2D eigenvalue weighted by atomic mass is 16.6. The minimum atomic E-state index is 0.523. The fraction of sp³-hybridized carbons (Fsp3) is 0.182. The second-order valence-electron chi connectivity index (χ2n) is 2.54. The summed E-state index contributed by atoms with van der Waals surface area (Å²) in [5, 5.41) is 3.74. The molecule has 2 heteroatoms. The van der Waals surface area contributed by atoms with Crippen LogP contribution in [0.4, 0.5) is 0 Å². The minimum Gasteiger partial charge on any atom is -0.391 e. The van der Waals surface area contributed by atoms with Crippen LogP contribution in [0.25, 0.3) is 0 Å². The minimum absolute atomic E-state index is 0.523. The van der Waals surface area contributed by atoms with E-state index >= 15 is 0 Å². The largest absolute Gasteiger partial charge is 0.391 e. The van der Waals surface area contributed by atoms with Gasteiger partial charge in [-0.1, -0.05) is 41.6 Å². The second kappa shape index (κ2) is 6.00. The molecule has 0 aliphatic carbocycles. The van der Waals surface area contributed by atoms with E-state index in [-0.39, 0.29) is 0 Å². The van der Waals surface area contributed by atoms with Crippen LogP contribution < -0.4 is 0 Å². The SMILES string of the molecule is C/C=C/C=N/OCc1ccccc1. The molecule has 0 aromatic heterocycles. The molecule has 1 aromatic rings. The summed E-state index contributed by atoms with van der Waals surface area (Å²) in [6.45, 7) is 2.46. The number of hydrogen-bond acceptors (Lipinski definition) is 2. The standard InChI is InChI=1S/C11H13NO/c1-2-3-9-12-13-10-11-7-5-4-6-8-11/h2-9H,10H2,1H3/b3-2+,12-9+. The average Bonchev–Trinajstić information content (AvgIpc) is 2.19. The van der Waals surface area contributed by atoms with Gasteiger partial charge >= 0.3 is 0 Å². The monoisotopic (exact) mass is 175 g/mol. The van der Waals surface area contributed by atoms with Crippen LogP contribution in [0, 0.1) is 0 Å². The van der Waals surface area contributed by atoms with Crippen molar-refractivity contribution in [1.82, 2.24) is 0 Å². The molecule has 68 valence electrons. The summed E-state index contributed by atoms with van der Waals surface area (Å²) in [7, 11) is 0. The Morgan fingerprint density at radius 3 is 2.77 bits per heavy atom. The van der Waals surface area contributed by atoms with Crippen molar-refractivity contribution in [3.8, 4) is 0 Å². The zero-order valence-corrected chi connectivity index (χ0v) is 7.68. The zero-order chi connectivity index (χ0) is 9.36. The van der Waals surface area contributed by atoms with E-state index < -0.39 is 0 Å². The summed E-state index contributed by atoms with van der Waals surface area (Å²) < 4.78 is 0. The van der Waals surface area contributed by atoms with E-state index in [4.69, 9.17) is 4.84 Å². The van der Waals surface area contributed by atoms with Gasteiger partial charge in [0.05, 0.1) is 6.21 Å². The smallest absolute Gasteiger partial charge is 0.142 e. The first-order valence-corrected chi connectivity index (χ1v) is 4.24.